The summed E-state index contributed by atoms with van der Waals surface area (Å²) in [6.45, 7) is 0.542. The number of anilines is 1. The Balaban J connectivity index is 1.55. The minimum Gasteiger partial charge on any atom is -0.497 e. The maximum Gasteiger partial charge on any atom is 0.305 e. The molecule has 38 heavy (non-hydrogen) atoms. The molecule has 0 saturated carbocycles. The van der Waals surface area contributed by atoms with E-state index in [0.29, 0.717) is 22.8 Å². The summed E-state index contributed by atoms with van der Waals surface area (Å²) >= 11 is 1.40. The zero-order chi connectivity index (χ0) is 27.1. The highest BCUT2D eigenvalue weighted by Crippen LogP contribution is 2.31. The second kappa shape index (κ2) is 12.3. The van der Waals surface area contributed by atoms with Gasteiger partial charge in [0.1, 0.15) is 17.4 Å². The average Bonchev–Trinajstić information content (AvgIpc) is 3.40. The Morgan fingerprint density at radius 2 is 1.76 bits per heavy atom. The van der Waals surface area contributed by atoms with Gasteiger partial charge < -0.3 is 20.1 Å². The summed E-state index contributed by atoms with van der Waals surface area (Å²) in [5, 5.41) is 13.9. The van der Waals surface area contributed by atoms with Crippen LogP contribution in [0, 0.1) is 11.6 Å². The van der Waals surface area contributed by atoms with Crippen molar-refractivity contribution in [3.8, 4) is 17.0 Å². The van der Waals surface area contributed by atoms with Crippen LogP contribution in [0.4, 0.5) is 13.9 Å². The molecule has 7 nitrogen and oxygen atoms in total. The van der Waals surface area contributed by atoms with E-state index in [4.69, 9.17) is 14.8 Å². The Kier molecular flexibility index (Phi) is 8.65. The van der Waals surface area contributed by atoms with Gasteiger partial charge in [-0.15, -0.1) is 11.3 Å². The lowest BCUT2D eigenvalue weighted by Gasteiger charge is -2.22. The molecular weight excluding hydrogens is 512 g/mol. The van der Waals surface area contributed by atoms with E-state index in [1.54, 1.807) is 31.4 Å². The van der Waals surface area contributed by atoms with Crippen LogP contribution in [0.25, 0.3) is 11.3 Å². The number of carboxylic acid groups (broad SMARTS) is 1. The lowest BCUT2D eigenvalue weighted by molar-refractivity contribution is -0.136. The van der Waals surface area contributed by atoms with Crippen molar-refractivity contribution in [2.45, 2.75) is 19.5 Å². The summed E-state index contributed by atoms with van der Waals surface area (Å²) < 4.78 is 33.2. The molecule has 4 aromatic rings. The van der Waals surface area contributed by atoms with Crippen molar-refractivity contribution in [1.82, 2.24) is 10.3 Å². The maximum absolute atomic E-state index is 14.5. The minimum absolute atomic E-state index is 0.0352. The normalized spacial score (nSPS) is 10.7. The summed E-state index contributed by atoms with van der Waals surface area (Å²) in [6, 6.07) is 17.8. The van der Waals surface area contributed by atoms with Gasteiger partial charge in [0.05, 0.1) is 19.2 Å². The number of amides is 1. The Hall–Kier alpha value is -4.31. The highest BCUT2D eigenvalue weighted by molar-refractivity contribution is 7.14. The third-order valence-electron chi connectivity index (χ3n) is 5.74. The number of carboxylic acids is 1. The molecule has 1 amide bonds. The molecule has 0 unspecified atom stereocenters. The molecule has 0 aliphatic rings. The van der Waals surface area contributed by atoms with E-state index in [0.717, 1.165) is 28.6 Å². The predicted octanol–water partition coefficient (Wildman–Crippen LogP) is 5.51. The third kappa shape index (κ3) is 6.92. The molecule has 1 heterocycles. The van der Waals surface area contributed by atoms with E-state index in [1.165, 1.54) is 23.5 Å². The van der Waals surface area contributed by atoms with Crippen LogP contribution >= 0.6 is 11.3 Å². The largest absolute Gasteiger partial charge is 0.497 e. The van der Waals surface area contributed by atoms with E-state index >= 15 is 0 Å². The van der Waals surface area contributed by atoms with E-state index in [2.05, 4.69) is 5.32 Å². The Bertz CT molecular complexity index is 1410. The van der Waals surface area contributed by atoms with Crippen LogP contribution in [0.3, 0.4) is 0 Å². The molecular formula is C28H25F2N3O4S. The van der Waals surface area contributed by atoms with Crippen molar-refractivity contribution in [3.05, 3.63) is 100 Å². The SMILES string of the molecule is COc1ccc(-c2csc(N(Cc3ccc(C(=O)NCCC(=O)O)cc3)Cc3ccc(F)cc3F)n2)cc1. The number of benzene rings is 3. The van der Waals surface area contributed by atoms with Gasteiger partial charge in [-0.1, -0.05) is 18.2 Å². The quantitative estimate of drug-likeness (QED) is 0.262. The van der Waals surface area contributed by atoms with Crippen molar-refractivity contribution < 1.29 is 28.2 Å². The molecule has 0 aliphatic carbocycles. The molecule has 0 saturated heterocycles. The lowest BCUT2D eigenvalue weighted by atomic mass is 10.1. The average molecular weight is 538 g/mol. The first-order chi connectivity index (χ1) is 18.3. The van der Waals surface area contributed by atoms with Crippen LogP contribution < -0.4 is 15.0 Å². The second-order valence-corrected chi connectivity index (χ2v) is 9.27. The van der Waals surface area contributed by atoms with Gasteiger partial charge >= 0.3 is 5.97 Å². The number of ether oxygens (including phenoxy) is 1. The monoisotopic (exact) mass is 537 g/mol. The van der Waals surface area contributed by atoms with Crippen LogP contribution in [0.15, 0.2) is 72.1 Å². The third-order valence-corrected chi connectivity index (χ3v) is 6.64. The van der Waals surface area contributed by atoms with Gasteiger partial charge in [0.15, 0.2) is 5.13 Å². The number of nitrogens with one attached hydrogen (secondary N) is 1. The smallest absolute Gasteiger partial charge is 0.305 e. The van der Waals surface area contributed by atoms with Crippen molar-refractivity contribution in [2.75, 3.05) is 18.6 Å². The van der Waals surface area contributed by atoms with Crippen molar-refractivity contribution in [3.63, 3.8) is 0 Å². The Morgan fingerprint density at radius 3 is 2.42 bits per heavy atom. The first kappa shape index (κ1) is 26.7. The van der Waals surface area contributed by atoms with Crippen LogP contribution in [0.2, 0.25) is 0 Å². The number of thiazole rings is 1. The van der Waals surface area contributed by atoms with Crippen LogP contribution in [-0.4, -0.2) is 35.6 Å². The fraction of sp³-hybridized carbons (Fsp3) is 0.179. The zero-order valence-electron chi connectivity index (χ0n) is 20.5. The van der Waals surface area contributed by atoms with E-state index in [9.17, 15) is 18.4 Å². The highest BCUT2D eigenvalue weighted by atomic mass is 32.1. The molecule has 0 aliphatic heterocycles. The summed E-state index contributed by atoms with van der Waals surface area (Å²) in [4.78, 5) is 29.6. The van der Waals surface area contributed by atoms with Crippen molar-refractivity contribution >= 4 is 28.3 Å². The van der Waals surface area contributed by atoms with Gasteiger partial charge in [-0.3, -0.25) is 9.59 Å². The first-order valence-electron chi connectivity index (χ1n) is 11.7. The van der Waals surface area contributed by atoms with Crippen LogP contribution in [0.5, 0.6) is 5.75 Å². The molecule has 0 radical (unpaired) electrons. The summed E-state index contributed by atoms with van der Waals surface area (Å²) in [7, 11) is 1.60. The van der Waals surface area contributed by atoms with Crippen LogP contribution in [-0.2, 0) is 17.9 Å². The summed E-state index contributed by atoms with van der Waals surface area (Å²) in [5.74, 6) is -1.92. The van der Waals surface area contributed by atoms with Crippen LogP contribution in [0.1, 0.15) is 27.9 Å². The van der Waals surface area contributed by atoms with Crippen molar-refractivity contribution in [2.24, 2.45) is 0 Å². The molecule has 196 valence electrons. The van der Waals surface area contributed by atoms with E-state index in [1.807, 2.05) is 34.5 Å². The highest BCUT2D eigenvalue weighted by Gasteiger charge is 2.17. The molecule has 0 fully saturated rings. The Labute approximate surface area is 222 Å². The maximum atomic E-state index is 14.5. The molecule has 1 aromatic heterocycles. The molecule has 3 aromatic carbocycles. The number of carbonyl (C=O) groups excluding carboxylic acids is 1. The topological polar surface area (TPSA) is 91.8 Å². The molecule has 0 bridgehead atoms. The van der Waals surface area contributed by atoms with E-state index in [-0.39, 0.29) is 25.4 Å². The number of methoxy groups -OCH3 is 1. The van der Waals surface area contributed by atoms with Gasteiger partial charge in [-0.25, -0.2) is 13.8 Å². The Morgan fingerprint density at radius 1 is 1.03 bits per heavy atom. The number of hydrogen-bond acceptors (Lipinski definition) is 6. The molecule has 2 N–H and O–H groups in total. The van der Waals surface area contributed by atoms with Gasteiger partial charge in [-0.2, -0.15) is 0 Å². The number of carbonyl (C=O) groups is 2. The fourth-order valence-electron chi connectivity index (χ4n) is 3.72. The number of hydrogen-bond donors (Lipinski definition) is 2. The zero-order valence-corrected chi connectivity index (χ0v) is 21.3. The predicted molar refractivity (Wildman–Crippen MR) is 141 cm³/mol. The van der Waals surface area contributed by atoms with Gasteiger partial charge in [0, 0.05) is 47.8 Å². The number of aliphatic carboxylic acids is 1. The number of halogens is 2. The first-order valence-corrected chi connectivity index (χ1v) is 12.6. The van der Waals surface area contributed by atoms with E-state index < -0.39 is 17.6 Å². The molecule has 0 spiro atoms. The summed E-state index contributed by atoms with van der Waals surface area (Å²) in [6.07, 6.45) is -0.162. The number of aromatic nitrogens is 1. The fourth-order valence-corrected chi connectivity index (χ4v) is 4.55. The molecule has 10 heteroatoms. The molecule has 4 rings (SSSR count). The lowest BCUT2D eigenvalue weighted by Crippen LogP contribution is -2.26. The number of rotatable bonds is 11. The standard InChI is InChI=1S/C28H25F2N3O4S/c1-37-23-10-7-19(8-11-23)25-17-38-28(32-25)33(16-21-6-9-22(29)14-24(21)30)15-18-2-4-20(5-3-18)27(36)31-13-12-26(34)35/h2-11,14,17H,12-13,15-16H2,1H3,(H,31,36)(H,34,35). The van der Waals surface area contributed by atoms with Gasteiger partial charge in [0.2, 0.25) is 0 Å². The second-order valence-electron chi connectivity index (χ2n) is 8.43. The van der Waals surface area contributed by atoms with Gasteiger partial charge in [0.25, 0.3) is 5.91 Å². The van der Waals surface area contributed by atoms with Crippen molar-refractivity contribution in [1.29, 1.82) is 0 Å². The minimum atomic E-state index is -0.990. The van der Waals surface area contributed by atoms with Gasteiger partial charge in [-0.05, 0) is 48.0 Å². The molecule has 0 atom stereocenters. The number of nitrogens with zero attached hydrogens (tertiary/aromatic N) is 2. The summed E-state index contributed by atoms with van der Waals surface area (Å²) in [5.41, 5.74) is 3.22.